The van der Waals surface area contributed by atoms with Gasteiger partial charge in [0.25, 0.3) is 5.91 Å². The number of benzene rings is 1. The van der Waals surface area contributed by atoms with Crippen LogP contribution < -0.4 is 4.90 Å². The van der Waals surface area contributed by atoms with Crippen molar-refractivity contribution in [1.82, 2.24) is 9.88 Å². The molecule has 0 atom stereocenters. The fourth-order valence-electron chi connectivity index (χ4n) is 3.74. The first kappa shape index (κ1) is 18.4. The highest BCUT2D eigenvalue weighted by molar-refractivity contribution is 7.99. The Morgan fingerprint density at radius 1 is 0.963 bits per heavy atom. The SMILES string of the molecule is CC1CCN(C(=O)c2ccc(-c3ccc(N4CCSCC4)nc3)cc2)CC1. The van der Waals surface area contributed by atoms with Gasteiger partial charge in [0, 0.05) is 55.0 Å². The van der Waals surface area contributed by atoms with Crippen LogP contribution in [-0.2, 0) is 0 Å². The van der Waals surface area contributed by atoms with Gasteiger partial charge in [0.15, 0.2) is 0 Å². The van der Waals surface area contributed by atoms with Crippen molar-refractivity contribution in [1.29, 1.82) is 0 Å². The molecule has 142 valence electrons. The Balaban J connectivity index is 1.43. The van der Waals surface area contributed by atoms with Crippen molar-refractivity contribution in [3.63, 3.8) is 0 Å². The van der Waals surface area contributed by atoms with Gasteiger partial charge in [-0.05, 0) is 48.6 Å². The molecule has 0 bridgehead atoms. The summed E-state index contributed by atoms with van der Waals surface area (Å²) in [6.45, 7) is 6.16. The quantitative estimate of drug-likeness (QED) is 0.799. The molecule has 2 fully saturated rings. The van der Waals surface area contributed by atoms with Crippen LogP contribution in [0, 0.1) is 5.92 Å². The van der Waals surface area contributed by atoms with Gasteiger partial charge in [-0.1, -0.05) is 19.1 Å². The van der Waals surface area contributed by atoms with E-state index in [1.807, 2.05) is 47.1 Å². The Kier molecular flexibility index (Phi) is 5.67. The topological polar surface area (TPSA) is 36.4 Å². The number of rotatable bonds is 3. The molecule has 1 aromatic carbocycles. The van der Waals surface area contributed by atoms with Crippen LogP contribution in [0.4, 0.5) is 5.82 Å². The zero-order valence-corrected chi connectivity index (χ0v) is 16.8. The number of amides is 1. The number of anilines is 1. The lowest BCUT2D eigenvalue weighted by Gasteiger charge is -2.30. The van der Waals surface area contributed by atoms with Crippen LogP contribution in [-0.4, -0.2) is 53.5 Å². The van der Waals surface area contributed by atoms with E-state index in [0.29, 0.717) is 0 Å². The molecule has 0 radical (unpaired) electrons. The van der Waals surface area contributed by atoms with E-state index in [0.717, 1.165) is 67.4 Å². The number of aromatic nitrogens is 1. The standard InChI is InChI=1S/C22H27N3OS/c1-17-8-10-25(11-9-17)22(26)19-4-2-18(3-5-19)20-6-7-21(23-16-20)24-12-14-27-15-13-24/h2-7,16-17H,8-15H2,1H3. The van der Waals surface area contributed by atoms with E-state index in [9.17, 15) is 4.79 Å². The highest BCUT2D eigenvalue weighted by Gasteiger charge is 2.21. The van der Waals surface area contributed by atoms with Gasteiger partial charge in [-0.3, -0.25) is 4.79 Å². The van der Waals surface area contributed by atoms with Gasteiger partial charge in [-0.2, -0.15) is 11.8 Å². The summed E-state index contributed by atoms with van der Waals surface area (Å²) in [6, 6.07) is 12.2. The van der Waals surface area contributed by atoms with Crippen molar-refractivity contribution >= 4 is 23.5 Å². The van der Waals surface area contributed by atoms with Crippen molar-refractivity contribution in [3.05, 3.63) is 48.2 Å². The van der Waals surface area contributed by atoms with Gasteiger partial charge in [0.2, 0.25) is 0 Å². The van der Waals surface area contributed by atoms with Crippen molar-refractivity contribution in [2.45, 2.75) is 19.8 Å². The highest BCUT2D eigenvalue weighted by Crippen LogP contribution is 2.24. The summed E-state index contributed by atoms with van der Waals surface area (Å²) in [5.74, 6) is 4.30. The van der Waals surface area contributed by atoms with Crippen LogP contribution in [0.5, 0.6) is 0 Å². The summed E-state index contributed by atoms with van der Waals surface area (Å²) in [4.78, 5) is 21.7. The molecule has 1 amide bonds. The number of pyridine rings is 1. The molecular formula is C22H27N3OS. The molecule has 5 heteroatoms. The van der Waals surface area contributed by atoms with Gasteiger partial charge in [-0.15, -0.1) is 0 Å². The Morgan fingerprint density at radius 2 is 1.63 bits per heavy atom. The molecule has 0 saturated carbocycles. The molecule has 2 aliphatic rings. The Hall–Kier alpha value is -2.01. The second kappa shape index (κ2) is 8.34. The molecule has 4 nitrogen and oxygen atoms in total. The van der Waals surface area contributed by atoms with Crippen molar-refractivity contribution in [2.24, 2.45) is 5.92 Å². The molecule has 0 spiro atoms. The van der Waals surface area contributed by atoms with E-state index in [-0.39, 0.29) is 5.91 Å². The summed E-state index contributed by atoms with van der Waals surface area (Å²) in [5.41, 5.74) is 2.98. The van der Waals surface area contributed by atoms with E-state index in [1.165, 1.54) is 11.5 Å². The lowest BCUT2D eigenvalue weighted by Crippen LogP contribution is -2.37. The molecular weight excluding hydrogens is 354 g/mol. The maximum Gasteiger partial charge on any atom is 0.253 e. The normalized spacial score (nSPS) is 18.6. The van der Waals surface area contributed by atoms with E-state index in [1.54, 1.807) is 0 Å². The molecule has 0 N–H and O–H groups in total. The van der Waals surface area contributed by atoms with E-state index in [2.05, 4.69) is 28.9 Å². The molecule has 2 aliphatic heterocycles. The van der Waals surface area contributed by atoms with Crippen LogP contribution in [0.25, 0.3) is 11.1 Å². The summed E-state index contributed by atoms with van der Waals surface area (Å²) < 4.78 is 0. The number of nitrogens with zero attached hydrogens (tertiary/aromatic N) is 3. The van der Waals surface area contributed by atoms with Gasteiger partial charge < -0.3 is 9.80 Å². The zero-order valence-electron chi connectivity index (χ0n) is 15.9. The Bertz CT molecular complexity index is 761. The third-order valence-corrected chi connectivity index (χ3v) is 6.56. The fourth-order valence-corrected chi connectivity index (χ4v) is 4.64. The second-order valence-corrected chi connectivity index (χ2v) is 8.78. The van der Waals surface area contributed by atoms with Gasteiger partial charge in [0.05, 0.1) is 0 Å². The third kappa shape index (κ3) is 4.29. The van der Waals surface area contributed by atoms with E-state index < -0.39 is 0 Å². The van der Waals surface area contributed by atoms with Crippen molar-refractivity contribution in [3.8, 4) is 11.1 Å². The smallest absolute Gasteiger partial charge is 0.253 e. The molecule has 4 rings (SSSR count). The summed E-state index contributed by atoms with van der Waals surface area (Å²) in [7, 11) is 0. The van der Waals surface area contributed by atoms with Gasteiger partial charge in [-0.25, -0.2) is 4.98 Å². The lowest BCUT2D eigenvalue weighted by molar-refractivity contribution is 0.0697. The maximum absolute atomic E-state index is 12.7. The lowest BCUT2D eigenvalue weighted by atomic mass is 9.98. The molecule has 1 aromatic heterocycles. The van der Waals surface area contributed by atoms with Crippen molar-refractivity contribution < 1.29 is 4.79 Å². The number of piperidine rings is 1. The number of thioether (sulfide) groups is 1. The van der Waals surface area contributed by atoms with Crippen LogP contribution in [0.3, 0.4) is 0 Å². The molecule has 27 heavy (non-hydrogen) atoms. The number of hydrogen-bond donors (Lipinski definition) is 0. The predicted octanol–water partition coefficient (Wildman–Crippen LogP) is 4.17. The Morgan fingerprint density at radius 3 is 2.26 bits per heavy atom. The zero-order chi connectivity index (χ0) is 18.6. The average molecular weight is 382 g/mol. The largest absolute Gasteiger partial charge is 0.355 e. The first-order valence-corrected chi connectivity index (χ1v) is 11.0. The summed E-state index contributed by atoms with van der Waals surface area (Å²) in [6.07, 6.45) is 4.16. The molecule has 3 heterocycles. The van der Waals surface area contributed by atoms with Crippen LogP contribution in [0.2, 0.25) is 0 Å². The number of carbonyl (C=O) groups excluding carboxylic acids is 1. The summed E-state index contributed by atoms with van der Waals surface area (Å²) in [5, 5.41) is 0. The number of carbonyl (C=O) groups is 1. The van der Waals surface area contributed by atoms with Gasteiger partial charge >= 0.3 is 0 Å². The highest BCUT2D eigenvalue weighted by atomic mass is 32.2. The maximum atomic E-state index is 12.7. The predicted molar refractivity (Wildman–Crippen MR) is 114 cm³/mol. The van der Waals surface area contributed by atoms with Crippen molar-refractivity contribution in [2.75, 3.05) is 42.6 Å². The first-order chi connectivity index (χ1) is 13.2. The number of likely N-dealkylation sites (tertiary alicyclic amines) is 1. The van der Waals surface area contributed by atoms with E-state index in [4.69, 9.17) is 0 Å². The molecule has 2 saturated heterocycles. The van der Waals surface area contributed by atoms with Crippen LogP contribution in [0.15, 0.2) is 42.6 Å². The summed E-state index contributed by atoms with van der Waals surface area (Å²) >= 11 is 2.01. The molecule has 0 unspecified atom stereocenters. The second-order valence-electron chi connectivity index (χ2n) is 7.56. The van der Waals surface area contributed by atoms with E-state index >= 15 is 0 Å². The fraction of sp³-hybridized carbons (Fsp3) is 0.455. The minimum Gasteiger partial charge on any atom is -0.355 e. The minimum atomic E-state index is 0.157. The van der Waals surface area contributed by atoms with Crippen LogP contribution >= 0.6 is 11.8 Å². The monoisotopic (exact) mass is 381 g/mol. The minimum absolute atomic E-state index is 0.157. The first-order valence-electron chi connectivity index (χ1n) is 9.89. The van der Waals surface area contributed by atoms with Crippen LogP contribution in [0.1, 0.15) is 30.1 Å². The average Bonchev–Trinajstić information content (AvgIpc) is 2.75. The number of hydrogen-bond acceptors (Lipinski definition) is 4. The molecule has 2 aromatic rings. The van der Waals surface area contributed by atoms with Gasteiger partial charge in [0.1, 0.15) is 5.82 Å². The molecule has 0 aliphatic carbocycles. The Labute approximate surface area is 166 Å². The third-order valence-electron chi connectivity index (χ3n) is 5.62.